The van der Waals surface area contributed by atoms with Crippen LogP contribution in [-0.2, 0) is 0 Å². The molecule has 0 amide bonds. The Morgan fingerprint density at radius 1 is 1.36 bits per heavy atom. The Morgan fingerprint density at radius 2 is 2.18 bits per heavy atom. The standard InChI is InChI=1S/C6H4BrN3S/c7-3-1-2-4-6(5(3)8)10-11-9-4/h1-2H,8H2. The molecule has 5 heteroatoms. The van der Waals surface area contributed by atoms with Crippen molar-refractivity contribution >= 4 is 44.4 Å². The normalized spacial score (nSPS) is 10.6. The van der Waals surface area contributed by atoms with Gasteiger partial charge in [-0.3, -0.25) is 0 Å². The highest BCUT2D eigenvalue weighted by Gasteiger charge is 2.04. The Hall–Kier alpha value is -0.680. The van der Waals surface area contributed by atoms with E-state index >= 15 is 0 Å². The number of aromatic nitrogens is 2. The molecule has 0 fully saturated rings. The molecule has 0 bridgehead atoms. The zero-order valence-electron chi connectivity index (χ0n) is 5.41. The summed E-state index contributed by atoms with van der Waals surface area (Å²) in [5.41, 5.74) is 8.02. The maximum absolute atomic E-state index is 5.72. The van der Waals surface area contributed by atoms with Gasteiger partial charge in [-0.2, -0.15) is 8.75 Å². The third-order valence-electron chi connectivity index (χ3n) is 1.41. The zero-order valence-corrected chi connectivity index (χ0v) is 7.82. The van der Waals surface area contributed by atoms with E-state index in [9.17, 15) is 0 Å². The Kier molecular flexibility index (Phi) is 1.54. The highest BCUT2D eigenvalue weighted by Crippen LogP contribution is 2.26. The lowest BCUT2D eigenvalue weighted by Crippen LogP contribution is -1.87. The first-order valence-corrected chi connectivity index (χ1v) is 4.47. The van der Waals surface area contributed by atoms with E-state index in [1.807, 2.05) is 12.1 Å². The van der Waals surface area contributed by atoms with Gasteiger partial charge in [0.15, 0.2) is 0 Å². The van der Waals surface area contributed by atoms with Gasteiger partial charge in [0.1, 0.15) is 11.0 Å². The van der Waals surface area contributed by atoms with Crippen molar-refractivity contribution in [3.8, 4) is 0 Å². The largest absolute Gasteiger partial charge is 0.396 e. The van der Waals surface area contributed by atoms with Crippen LogP contribution in [0.5, 0.6) is 0 Å². The minimum Gasteiger partial charge on any atom is -0.396 e. The van der Waals surface area contributed by atoms with Gasteiger partial charge < -0.3 is 5.73 Å². The van der Waals surface area contributed by atoms with Crippen molar-refractivity contribution in [2.45, 2.75) is 0 Å². The van der Waals surface area contributed by atoms with Crippen LogP contribution in [0.25, 0.3) is 11.0 Å². The van der Waals surface area contributed by atoms with E-state index < -0.39 is 0 Å². The average Bonchev–Trinajstić information content (AvgIpc) is 2.45. The maximum atomic E-state index is 5.72. The van der Waals surface area contributed by atoms with Crippen molar-refractivity contribution in [1.82, 2.24) is 8.75 Å². The maximum Gasteiger partial charge on any atom is 0.128 e. The molecule has 1 heterocycles. The van der Waals surface area contributed by atoms with E-state index in [4.69, 9.17) is 5.73 Å². The number of nitrogens with zero attached hydrogens (tertiary/aromatic N) is 2. The van der Waals surface area contributed by atoms with Crippen LogP contribution in [0.4, 0.5) is 5.69 Å². The van der Waals surface area contributed by atoms with Crippen molar-refractivity contribution < 1.29 is 0 Å². The van der Waals surface area contributed by atoms with Crippen LogP contribution in [0, 0.1) is 0 Å². The molecule has 0 atom stereocenters. The molecule has 1 aromatic heterocycles. The first-order valence-electron chi connectivity index (χ1n) is 2.95. The van der Waals surface area contributed by atoms with Gasteiger partial charge in [-0.25, -0.2) is 0 Å². The fourth-order valence-electron chi connectivity index (χ4n) is 0.847. The molecule has 2 N–H and O–H groups in total. The lowest BCUT2D eigenvalue weighted by Gasteiger charge is -1.95. The summed E-state index contributed by atoms with van der Waals surface area (Å²) in [6, 6.07) is 3.76. The summed E-state index contributed by atoms with van der Waals surface area (Å²) in [5, 5.41) is 0. The fourth-order valence-corrected chi connectivity index (χ4v) is 1.72. The second kappa shape index (κ2) is 2.42. The number of fused-ring (bicyclic) bond motifs is 1. The number of anilines is 1. The summed E-state index contributed by atoms with van der Waals surface area (Å²) >= 11 is 4.49. The van der Waals surface area contributed by atoms with Crippen LogP contribution in [-0.4, -0.2) is 8.75 Å². The topological polar surface area (TPSA) is 51.8 Å². The molecule has 0 spiro atoms. The third kappa shape index (κ3) is 1.00. The predicted molar refractivity (Wildman–Crippen MR) is 49.5 cm³/mol. The van der Waals surface area contributed by atoms with E-state index in [1.165, 1.54) is 11.7 Å². The first kappa shape index (κ1) is 7.00. The van der Waals surface area contributed by atoms with E-state index in [2.05, 4.69) is 24.7 Å². The molecule has 0 radical (unpaired) electrons. The van der Waals surface area contributed by atoms with Gasteiger partial charge in [-0.1, -0.05) is 0 Å². The molecule has 0 aliphatic heterocycles. The van der Waals surface area contributed by atoms with Crippen LogP contribution >= 0.6 is 27.7 Å². The van der Waals surface area contributed by atoms with Gasteiger partial charge in [0.05, 0.1) is 17.4 Å². The van der Waals surface area contributed by atoms with Crippen molar-refractivity contribution in [3.05, 3.63) is 16.6 Å². The summed E-state index contributed by atoms with van der Waals surface area (Å²) in [6.45, 7) is 0. The van der Waals surface area contributed by atoms with Crippen LogP contribution in [0.15, 0.2) is 16.6 Å². The molecule has 0 saturated heterocycles. The minimum atomic E-state index is 0.663. The highest BCUT2D eigenvalue weighted by atomic mass is 79.9. The summed E-state index contributed by atoms with van der Waals surface area (Å²) in [7, 11) is 0. The highest BCUT2D eigenvalue weighted by molar-refractivity contribution is 9.10. The Labute approximate surface area is 75.7 Å². The van der Waals surface area contributed by atoms with Gasteiger partial charge in [0.2, 0.25) is 0 Å². The van der Waals surface area contributed by atoms with Crippen LogP contribution in [0.2, 0.25) is 0 Å². The van der Waals surface area contributed by atoms with Gasteiger partial charge in [0, 0.05) is 4.47 Å². The summed E-state index contributed by atoms with van der Waals surface area (Å²) in [4.78, 5) is 0. The van der Waals surface area contributed by atoms with Crippen molar-refractivity contribution in [1.29, 1.82) is 0 Å². The van der Waals surface area contributed by atoms with E-state index in [0.29, 0.717) is 5.69 Å². The second-order valence-corrected chi connectivity index (χ2v) is 3.48. The molecule has 1 aromatic carbocycles. The molecule has 3 nitrogen and oxygen atoms in total. The molecule has 56 valence electrons. The molecular weight excluding hydrogens is 226 g/mol. The lowest BCUT2D eigenvalue weighted by atomic mass is 10.3. The fraction of sp³-hybridized carbons (Fsp3) is 0. The van der Waals surface area contributed by atoms with Crippen molar-refractivity contribution in [2.24, 2.45) is 0 Å². The van der Waals surface area contributed by atoms with Gasteiger partial charge in [0.25, 0.3) is 0 Å². The van der Waals surface area contributed by atoms with Crippen LogP contribution < -0.4 is 5.73 Å². The molecule has 2 aromatic rings. The van der Waals surface area contributed by atoms with E-state index in [1.54, 1.807) is 0 Å². The van der Waals surface area contributed by atoms with Crippen LogP contribution in [0.1, 0.15) is 0 Å². The van der Waals surface area contributed by atoms with Crippen molar-refractivity contribution in [2.75, 3.05) is 5.73 Å². The molecule has 0 saturated carbocycles. The molecular formula is C6H4BrN3S. The van der Waals surface area contributed by atoms with Gasteiger partial charge in [-0.15, -0.1) is 0 Å². The number of nitrogen functional groups attached to an aromatic ring is 1. The number of halogens is 1. The molecule has 0 unspecified atom stereocenters. The predicted octanol–water partition coefficient (Wildman–Crippen LogP) is 2.04. The zero-order chi connectivity index (χ0) is 7.84. The summed E-state index contributed by atoms with van der Waals surface area (Å²) < 4.78 is 8.98. The van der Waals surface area contributed by atoms with E-state index in [-0.39, 0.29) is 0 Å². The number of hydrogen-bond acceptors (Lipinski definition) is 4. The van der Waals surface area contributed by atoms with Gasteiger partial charge >= 0.3 is 0 Å². The molecule has 0 aliphatic rings. The summed E-state index contributed by atoms with van der Waals surface area (Å²) in [6.07, 6.45) is 0. The van der Waals surface area contributed by atoms with Crippen LogP contribution in [0.3, 0.4) is 0 Å². The average molecular weight is 230 g/mol. The van der Waals surface area contributed by atoms with Crippen molar-refractivity contribution in [3.63, 3.8) is 0 Å². The molecule has 2 rings (SSSR count). The SMILES string of the molecule is Nc1c(Br)ccc2nsnc12. The molecule has 11 heavy (non-hydrogen) atoms. The van der Waals surface area contributed by atoms with Gasteiger partial charge in [-0.05, 0) is 28.1 Å². The summed E-state index contributed by atoms with van der Waals surface area (Å²) in [5.74, 6) is 0. The number of hydrogen-bond donors (Lipinski definition) is 1. The molecule has 0 aliphatic carbocycles. The minimum absolute atomic E-state index is 0.663. The lowest BCUT2D eigenvalue weighted by molar-refractivity contribution is 1.60. The monoisotopic (exact) mass is 229 g/mol. The third-order valence-corrected chi connectivity index (χ3v) is 2.65. The quantitative estimate of drug-likeness (QED) is 0.704. The Balaban J connectivity index is 2.93. The number of rotatable bonds is 0. The first-order chi connectivity index (χ1) is 5.29. The smallest absolute Gasteiger partial charge is 0.128 e. The second-order valence-electron chi connectivity index (χ2n) is 2.09. The Bertz CT molecular complexity index is 398. The number of benzene rings is 1. The number of nitrogens with two attached hydrogens (primary N) is 1. The van der Waals surface area contributed by atoms with E-state index in [0.717, 1.165) is 15.5 Å². The Morgan fingerprint density at radius 3 is 3.00 bits per heavy atom.